The molecule has 19 heavy (non-hydrogen) atoms. The molecule has 2 heterocycles. The van der Waals surface area contributed by atoms with Gasteiger partial charge in [0.15, 0.2) is 0 Å². The lowest BCUT2D eigenvalue weighted by Gasteiger charge is -2.05. The molecular weight excluding hydrogens is 282 g/mol. The van der Waals surface area contributed by atoms with E-state index in [1.54, 1.807) is 27.5 Å². The number of amides is 1. The molecule has 1 amide bonds. The molecule has 0 aliphatic carbocycles. The molecule has 102 valence electrons. The molecule has 0 spiro atoms. The zero-order valence-corrected chi connectivity index (χ0v) is 12.4. The summed E-state index contributed by atoms with van der Waals surface area (Å²) in [6, 6.07) is 0. The average Bonchev–Trinajstić information content (AvgIpc) is 2.92. The van der Waals surface area contributed by atoms with E-state index in [4.69, 9.17) is 0 Å². The van der Waals surface area contributed by atoms with Crippen molar-refractivity contribution in [3.05, 3.63) is 36.8 Å². The lowest BCUT2D eigenvalue weighted by molar-refractivity contribution is -0.121. The van der Waals surface area contributed by atoms with Crippen LogP contribution in [0.3, 0.4) is 0 Å². The Bertz CT molecular complexity index is 627. The molecular formula is C12H15N3O2S2. The first-order chi connectivity index (χ1) is 9.06. The van der Waals surface area contributed by atoms with Crippen molar-refractivity contribution < 1.29 is 4.79 Å². The Morgan fingerprint density at radius 3 is 2.84 bits per heavy atom. The lowest BCUT2D eigenvalue weighted by Crippen LogP contribution is -2.25. The predicted octanol–water partition coefficient (Wildman–Crippen LogP) is 1.69. The van der Waals surface area contributed by atoms with E-state index < -0.39 is 0 Å². The molecule has 0 unspecified atom stereocenters. The number of aromatic nitrogens is 2. The largest absolute Gasteiger partial charge is 0.351 e. The highest BCUT2D eigenvalue weighted by molar-refractivity contribution is 7.11. The molecule has 0 saturated heterocycles. The third-order valence-corrected chi connectivity index (χ3v) is 4.46. The summed E-state index contributed by atoms with van der Waals surface area (Å²) in [5.41, 5.74) is 0.904. The monoisotopic (exact) mass is 297 g/mol. The van der Waals surface area contributed by atoms with Crippen LogP contribution in [0, 0.1) is 13.8 Å². The molecule has 7 heteroatoms. The predicted molar refractivity (Wildman–Crippen MR) is 76.6 cm³/mol. The van der Waals surface area contributed by atoms with E-state index in [2.05, 4.69) is 10.3 Å². The Labute approximate surface area is 118 Å². The Morgan fingerprint density at radius 2 is 2.26 bits per heavy atom. The van der Waals surface area contributed by atoms with E-state index >= 15 is 0 Å². The normalized spacial score (nSPS) is 10.6. The minimum Gasteiger partial charge on any atom is -0.351 e. The molecule has 0 bridgehead atoms. The van der Waals surface area contributed by atoms with Gasteiger partial charge in [-0.15, -0.1) is 11.3 Å². The number of thiazole rings is 2. The summed E-state index contributed by atoms with van der Waals surface area (Å²) in [7, 11) is 0. The second kappa shape index (κ2) is 6.12. The van der Waals surface area contributed by atoms with Crippen LogP contribution in [0.2, 0.25) is 0 Å². The molecule has 0 atom stereocenters. The number of rotatable bonds is 5. The van der Waals surface area contributed by atoms with Crippen molar-refractivity contribution in [1.82, 2.24) is 14.9 Å². The average molecular weight is 297 g/mol. The SMILES string of the molecule is Cc1ncc(CNC(=O)CCn2c(C)csc2=O)s1. The van der Waals surface area contributed by atoms with Crippen LogP contribution in [0.15, 0.2) is 16.4 Å². The zero-order chi connectivity index (χ0) is 13.8. The third kappa shape index (κ3) is 3.74. The highest BCUT2D eigenvalue weighted by Crippen LogP contribution is 2.10. The maximum Gasteiger partial charge on any atom is 0.307 e. The van der Waals surface area contributed by atoms with Crippen molar-refractivity contribution in [2.75, 3.05) is 0 Å². The zero-order valence-electron chi connectivity index (χ0n) is 10.8. The maximum absolute atomic E-state index is 11.7. The summed E-state index contributed by atoms with van der Waals surface area (Å²) in [4.78, 5) is 28.3. The highest BCUT2D eigenvalue weighted by atomic mass is 32.1. The van der Waals surface area contributed by atoms with Gasteiger partial charge in [-0.25, -0.2) is 4.98 Å². The second-order valence-electron chi connectivity index (χ2n) is 4.17. The summed E-state index contributed by atoms with van der Waals surface area (Å²) >= 11 is 2.74. The third-order valence-electron chi connectivity index (χ3n) is 2.67. The van der Waals surface area contributed by atoms with Crippen LogP contribution >= 0.6 is 22.7 Å². The summed E-state index contributed by atoms with van der Waals surface area (Å²) in [6.45, 7) is 4.74. The van der Waals surface area contributed by atoms with Gasteiger partial charge in [-0.05, 0) is 13.8 Å². The molecule has 2 aromatic rings. The van der Waals surface area contributed by atoms with Crippen LogP contribution < -0.4 is 10.2 Å². The van der Waals surface area contributed by atoms with Gasteiger partial charge < -0.3 is 9.88 Å². The van der Waals surface area contributed by atoms with Gasteiger partial charge in [-0.2, -0.15) is 0 Å². The van der Waals surface area contributed by atoms with Crippen LogP contribution in [0.25, 0.3) is 0 Å². The fraction of sp³-hybridized carbons (Fsp3) is 0.417. The minimum atomic E-state index is -0.0523. The maximum atomic E-state index is 11.7. The fourth-order valence-electron chi connectivity index (χ4n) is 1.65. The fourth-order valence-corrected chi connectivity index (χ4v) is 3.14. The van der Waals surface area contributed by atoms with Crippen LogP contribution in [-0.2, 0) is 17.9 Å². The first-order valence-electron chi connectivity index (χ1n) is 5.89. The van der Waals surface area contributed by atoms with E-state index in [1.807, 2.05) is 13.8 Å². The van der Waals surface area contributed by atoms with E-state index in [9.17, 15) is 9.59 Å². The van der Waals surface area contributed by atoms with Crippen molar-refractivity contribution in [3.63, 3.8) is 0 Å². The Morgan fingerprint density at radius 1 is 1.47 bits per heavy atom. The van der Waals surface area contributed by atoms with Gasteiger partial charge in [-0.1, -0.05) is 11.3 Å². The second-order valence-corrected chi connectivity index (χ2v) is 6.31. The van der Waals surface area contributed by atoms with Crippen LogP contribution in [-0.4, -0.2) is 15.5 Å². The number of nitrogens with zero attached hydrogens (tertiary/aromatic N) is 2. The summed E-state index contributed by atoms with van der Waals surface area (Å²) < 4.78 is 1.63. The van der Waals surface area contributed by atoms with Crippen LogP contribution in [0.5, 0.6) is 0 Å². The minimum absolute atomic E-state index is 0.0108. The molecule has 0 aliphatic heterocycles. The summed E-state index contributed by atoms with van der Waals surface area (Å²) in [5.74, 6) is -0.0523. The van der Waals surface area contributed by atoms with Crippen molar-refractivity contribution in [3.8, 4) is 0 Å². The van der Waals surface area contributed by atoms with Crippen molar-refractivity contribution >= 4 is 28.6 Å². The first-order valence-corrected chi connectivity index (χ1v) is 7.59. The quantitative estimate of drug-likeness (QED) is 0.913. The standard InChI is InChI=1S/C12H15N3O2S2/c1-8-7-18-12(17)15(8)4-3-11(16)14-6-10-5-13-9(2)19-10/h5,7H,3-4,6H2,1-2H3,(H,14,16). The van der Waals surface area contributed by atoms with E-state index in [0.29, 0.717) is 19.5 Å². The Kier molecular flexibility index (Phi) is 4.49. The number of nitrogens with one attached hydrogen (secondary N) is 1. The molecule has 1 N–H and O–H groups in total. The smallest absolute Gasteiger partial charge is 0.307 e. The Hall–Kier alpha value is -1.47. The molecule has 0 saturated carbocycles. The summed E-state index contributed by atoms with van der Waals surface area (Å²) in [5, 5.41) is 5.63. The number of hydrogen-bond donors (Lipinski definition) is 1. The number of carbonyl (C=O) groups excluding carboxylic acids is 1. The van der Waals surface area contributed by atoms with E-state index in [-0.39, 0.29) is 10.8 Å². The van der Waals surface area contributed by atoms with Crippen LogP contribution in [0.1, 0.15) is 22.0 Å². The molecule has 2 rings (SSSR count). The number of hydrogen-bond acceptors (Lipinski definition) is 5. The van der Waals surface area contributed by atoms with Gasteiger partial charge in [0, 0.05) is 35.1 Å². The Balaban J connectivity index is 1.80. The van der Waals surface area contributed by atoms with Gasteiger partial charge >= 0.3 is 4.87 Å². The van der Waals surface area contributed by atoms with Crippen molar-refractivity contribution in [2.24, 2.45) is 0 Å². The first kappa shape index (κ1) is 14.0. The molecule has 0 radical (unpaired) electrons. The van der Waals surface area contributed by atoms with Gasteiger partial charge in [-0.3, -0.25) is 9.59 Å². The molecule has 0 fully saturated rings. The molecule has 5 nitrogen and oxygen atoms in total. The van der Waals surface area contributed by atoms with Crippen molar-refractivity contribution in [1.29, 1.82) is 0 Å². The van der Waals surface area contributed by atoms with Crippen molar-refractivity contribution in [2.45, 2.75) is 33.4 Å². The van der Waals surface area contributed by atoms with Gasteiger partial charge in [0.25, 0.3) is 0 Å². The van der Waals surface area contributed by atoms with Gasteiger partial charge in [0.1, 0.15) is 0 Å². The van der Waals surface area contributed by atoms with E-state index in [0.717, 1.165) is 26.9 Å². The van der Waals surface area contributed by atoms with Crippen LogP contribution in [0.4, 0.5) is 0 Å². The number of aryl methyl sites for hydroxylation is 2. The number of carbonyl (C=O) groups is 1. The van der Waals surface area contributed by atoms with Gasteiger partial charge in [0.05, 0.1) is 11.6 Å². The lowest BCUT2D eigenvalue weighted by atomic mass is 10.3. The van der Waals surface area contributed by atoms with Gasteiger partial charge in [0.2, 0.25) is 5.91 Å². The van der Waals surface area contributed by atoms with E-state index in [1.165, 1.54) is 0 Å². The topological polar surface area (TPSA) is 64.0 Å². The summed E-state index contributed by atoms with van der Waals surface area (Å²) in [6.07, 6.45) is 2.09. The molecule has 2 aromatic heterocycles. The highest BCUT2D eigenvalue weighted by Gasteiger charge is 2.07. The molecule has 0 aromatic carbocycles. The molecule has 0 aliphatic rings.